The van der Waals surface area contributed by atoms with Gasteiger partial charge in [-0.3, -0.25) is 9.59 Å². The van der Waals surface area contributed by atoms with E-state index >= 15 is 0 Å². The summed E-state index contributed by atoms with van der Waals surface area (Å²) in [6.07, 6.45) is 82.5. The number of rotatable bonds is 53. The minimum absolute atomic E-state index is 0.0615. The molecule has 0 rings (SSSR count). The second kappa shape index (κ2) is 59.9. The summed E-state index contributed by atoms with van der Waals surface area (Å²) in [7, 11) is 0. The average molecular weight is 972 g/mol. The molecule has 1 unspecified atom stereocenters. The van der Waals surface area contributed by atoms with Crippen molar-refractivity contribution in [1.29, 1.82) is 0 Å². The largest absolute Gasteiger partial charge is 0.462 e. The molecular formula is C65H110O5. The number of carbonyl (C=O) groups excluding carboxylic acids is 2. The first-order valence-corrected chi connectivity index (χ1v) is 29.4. The topological polar surface area (TPSA) is 61.8 Å². The minimum atomic E-state index is -0.564. The Bertz CT molecular complexity index is 1380. The zero-order chi connectivity index (χ0) is 50.6. The summed E-state index contributed by atoms with van der Waals surface area (Å²) in [5.74, 6) is -0.437. The fraction of sp³-hybridized carbons (Fsp3) is 0.692. The highest BCUT2D eigenvalue weighted by Crippen LogP contribution is 2.14. The SMILES string of the molecule is CC/C=C\C/C=C\C/C=C\CCCCCCCC(=O)OC(COCCCCCCCCC/C=C\C/C=C\C/C=C\CCCCC)COC(=O)CCCCCCCC/C=C\C/C=C\C/C=C\CCCCC. The third kappa shape index (κ3) is 57.1. The van der Waals surface area contributed by atoms with E-state index in [0.717, 1.165) is 109 Å². The first-order chi connectivity index (χ1) is 34.6. The number of hydrogen-bond donors (Lipinski definition) is 0. The number of carbonyl (C=O) groups is 2. The second-order valence-corrected chi connectivity index (χ2v) is 19.2. The van der Waals surface area contributed by atoms with E-state index in [4.69, 9.17) is 14.2 Å². The third-order valence-corrected chi connectivity index (χ3v) is 12.3. The molecule has 0 spiro atoms. The maximum atomic E-state index is 12.9. The number of unbranched alkanes of at least 4 members (excludes halogenated alkanes) is 24. The van der Waals surface area contributed by atoms with E-state index in [-0.39, 0.29) is 25.2 Å². The molecule has 5 heteroatoms. The first-order valence-electron chi connectivity index (χ1n) is 29.4. The van der Waals surface area contributed by atoms with E-state index in [2.05, 4.69) is 130 Å². The maximum absolute atomic E-state index is 12.9. The van der Waals surface area contributed by atoms with Gasteiger partial charge in [-0.2, -0.15) is 0 Å². The van der Waals surface area contributed by atoms with Gasteiger partial charge in [0.2, 0.25) is 0 Å². The molecule has 0 saturated carbocycles. The van der Waals surface area contributed by atoms with Crippen LogP contribution in [0.25, 0.3) is 0 Å². The Labute approximate surface area is 434 Å². The van der Waals surface area contributed by atoms with E-state index in [1.165, 1.54) is 122 Å². The number of allylic oxidation sites excluding steroid dienone is 18. The molecular weight excluding hydrogens is 861 g/mol. The fourth-order valence-corrected chi connectivity index (χ4v) is 7.89. The Balaban J connectivity index is 4.35. The standard InChI is InChI=1S/C65H110O5/c1-4-7-10-13-16-19-22-25-28-30-32-34-36-39-42-45-48-51-54-57-60-68-61-63(70-65(67)59-56-53-50-47-44-41-37-27-24-21-18-15-12-9-6-3)62-69-64(66)58-55-52-49-46-43-40-38-35-33-31-29-26-23-20-17-14-11-8-5-2/h9,12,16-21,25-29,32-35,37,63H,4-8,10-11,13-15,22-24,30-31,36,38-62H2,1-3H3/b12-9-,19-16-,20-17-,21-18-,28-25-,29-26-,34-32-,35-33-,37-27-. The normalized spacial score (nSPS) is 13.0. The van der Waals surface area contributed by atoms with Gasteiger partial charge in [0.05, 0.1) is 6.61 Å². The lowest BCUT2D eigenvalue weighted by molar-refractivity contribution is -0.163. The van der Waals surface area contributed by atoms with Gasteiger partial charge >= 0.3 is 11.9 Å². The monoisotopic (exact) mass is 971 g/mol. The van der Waals surface area contributed by atoms with E-state index in [0.29, 0.717) is 19.4 Å². The Morgan fingerprint density at radius 1 is 0.329 bits per heavy atom. The van der Waals surface area contributed by atoms with E-state index in [1.807, 2.05) is 0 Å². The second-order valence-electron chi connectivity index (χ2n) is 19.2. The molecule has 0 aliphatic heterocycles. The summed E-state index contributed by atoms with van der Waals surface area (Å²) in [4.78, 5) is 25.5. The quantitative estimate of drug-likeness (QED) is 0.0345. The van der Waals surface area contributed by atoms with Crippen LogP contribution in [0.15, 0.2) is 109 Å². The highest BCUT2D eigenvalue weighted by atomic mass is 16.6. The molecule has 70 heavy (non-hydrogen) atoms. The summed E-state index contributed by atoms with van der Waals surface area (Å²) in [6.45, 7) is 7.62. The van der Waals surface area contributed by atoms with Crippen molar-refractivity contribution in [2.45, 2.75) is 271 Å². The zero-order valence-corrected chi connectivity index (χ0v) is 46.0. The van der Waals surface area contributed by atoms with Crippen LogP contribution in [0.3, 0.4) is 0 Å². The number of ether oxygens (including phenoxy) is 3. The molecule has 0 bridgehead atoms. The summed E-state index contributed by atoms with van der Waals surface area (Å²) in [5.41, 5.74) is 0. The van der Waals surface area contributed by atoms with Gasteiger partial charge in [-0.15, -0.1) is 0 Å². The van der Waals surface area contributed by atoms with Crippen LogP contribution in [-0.4, -0.2) is 37.9 Å². The minimum Gasteiger partial charge on any atom is -0.462 e. The van der Waals surface area contributed by atoms with Crippen molar-refractivity contribution in [3.05, 3.63) is 109 Å². The van der Waals surface area contributed by atoms with Gasteiger partial charge < -0.3 is 14.2 Å². The van der Waals surface area contributed by atoms with Crippen LogP contribution in [0.2, 0.25) is 0 Å². The molecule has 0 saturated heterocycles. The van der Waals surface area contributed by atoms with Crippen molar-refractivity contribution < 1.29 is 23.8 Å². The predicted molar refractivity (Wildman–Crippen MR) is 306 cm³/mol. The van der Waals surface area contributed by atoms with Crippen molar-refractivity contribution in [3.63, 3.8) is 0 Å². The lowest BCUT2D eigenvalue weighted by Crippen LogP contribution is -2.30. The average Bonchev–Trinajstić information content (AvgIpc) is 3.36. The molecule has 0 aliphatic rings. The highest BCUT2D eigenvalue weighted by molar-refractivity contribution is 5.70. The molecule has 5 nitrogen and oxygen atoms in total. The van der Waals surface area contributed by atoms with Crippen LogP contribution in [0.1, 0.15) is 265 Å². The van der Waals surface area contributed by atoms with Crippen molar-refractivity contribution in [1.82, 2.24) is 0 Å². The van der Waals surface area contributed by atoms with Crippen molar-refractivity contribution in [2.24, 2.45) is 0 Å². The Morgan fingerprint density at radius 3 is 1.03 bits per heavy atom. The van der Waals surface area contributed by atoms with Gasteiger partial charge in [-0.1, -0.05) is 233 Å². The van der Waals surface area contributed by atoms with Gasteiger partial charge in [0, 0.05) is 19.4 Å². The summed E-state index contributed by atoms with van der Waals surface area (Å²) < 4.78 is 17.5. The molecule has 0 aliphatic carbocycles. The molecule has 400 valence electrons. The fourth-order valence-electron chi connectivity index (χ4n) is 7.89. The molecule has 0 radical (unpaired) electrons. The summed E-state index contributed by atoms with van der Waals surface area (Å²) in [6, 6.07) is 0. The van der Waals surface area contributed by atoms with Gasteiger partial charge in [0.15, 0.2) is 6.10 Å². The van der Waals surface area contributed by atoms with Crippen LogP contribution in [-0.2, 0) is 23.8 Å². The van der Waals surface area contributed by atoms with Crippen LogP contribution < -0.4 is 0 Å². The lowest BCUT2D eigenvalue weighted by atomic mass is 10.1. The lowest BCUT2D eigenvalue weighted by Gasteiger charge is -2.18. The molecule has 0 heterocycles. The van der Waals surface area contributed by atoms with Gasteiger partial charge in [-0.25, -0.2) is 0 Å². The van der Waals surface area contributed by atoms with Gasteiger partial charge in [0.25, 0.3) is 0 Å². The molecule has 1 atom stereocenters. The summed E-state index contributed by atoms with van der Waals surface area (Å²) in [5, 5.41) is 0. The van der Waals surface area contributed by atoms with Crippen molar-refractivity contribution >= 4 is 11.9 Å². The maximum Gasteiger partial charge on any atom is 0.306 e. The Hall–Kier alpha value is -3.44. The van der Waals surface area contributed by atoms with E-state index in [1.54, 1.807) is 0 Å². The van der Waals surface area contributed by atoms with Gasteiger partial charge in [-0.05, 0) is 128 Å². The van der Waals surface area contributed by atoms with Crippen LogP contribution >= 0.6 is 0 Å². The van der Waals surface area contributed by atoms with Gasteiger partial charge in [0.1, 0.15) is 6.61 Å². The molecule has 0 aromatic carbocycles. The van der Waals surface area contributed by atoms with Crippen molar-refractivity contribution in [3.8, 4) is 0 Å². The molecule has 0 fully saturated rings. The highest BCUT2D eigenvalue weighted by Gasteiger charge is 2.17. The van der Waals surface area contributed by atoms with E-state index < -0.39 is 6.10 Å². The number of hydrogen-bond acceptors (Lipinski definition) is 5. The molecule has 0 aromatic heterocycles. The predicted octanol–water partition coefficient (Wildman–Crippen LogP) is 20.3. The Morgan fingerprint density at radius 2 is 0.643 bits per heavy atom. The third-order valence-electron chi connectivity index (χ3n) is 12.3. The molecule has 0 amide bonds. The van der Waals surface area contributed by atoms with E-state index in [9.17, 15) is 9.59 Å². The molecule has 0 aromatic rings. The van der Waals surface area contributed by atoms with Crippen LogP contribution in [0.4, 0.5) is 0 Å². The van der Waals surface area contributed by atoms with Crippen LogP contribution in [0.5, 0.6) is 0 Å². The first kappa shape index (κ1) is 66.6. The van der Waals surface area contributed by atoms with Crippen molar-refractivity contribution in [2.75, 3.05) is 19.8 Å². The molecule has 0 N–H and O–H groups in total. The smallest absolute Gasteiger partial charge is 0.306 e. The Kier molecular flexibility index (Phi) is 56.9. The summed E-state index contributed by atoms with van der Waals surface area (Å²) >= 11 is 0. The number of esters is 2. The van der Waals surface area contributed by atoms with Crippen LogP contribution in [0, 0.1) is 0 Å². The zero-order valence-electron chi connectivity index (χ0n) is 46.0.